The predicted octanol–water partition coefficient (Wildman–Crippen LogP) is 3.59. The number of nitrogens with one attached hydrogen (secondary N) is 3. The van der Waals surface area contributed by atoms with Crippen LogP contribution >= 0.6 is 0 Å². The van der Waals surface area contributed by atoms with E-state index in [-0.39, 0.29) is 11.9 Å². The highest BCUT2D eigenvalue weighted by Crippen LogP contribution is 2.34. The summed E-state index contributed by atoms with van der Waals surface area (Å²) in [7, 11) is 3.09. The number of hydrogen-bond acceptors (Lipinski definition) is 4. The average molecular weight is 395 g/mol. The molecule has 1 aliphatic heterocycles. The fraction of sp³-hybridized carbons (Fsp3) is 0.273. The van der Waals surface area contributed by atoms with Crippen LogP contribution in [0.1, 0.15) is 29.7 Å². The third-order valence-electron chi connectivity index (χ3n) is 4.73. The van der Waals surface area contributed by atoms with E-state index in [2.05, 4.69) is 16.0 Å². The van der Waals surface area contributed by atoms with Crippen LogP contribution in [0.3, 0.4) is 0 Å². The van der Waals surface area contributed by atoms with E-state index >= 15 is 0 Å². The summed E-state index contributed by atoms with van der Waals surface area (Å²) >= 11 is 0. The van der Waals surface area contributed by atoms with Crippen LogP contribution in [0.15, 0.2) is 47.7 Å². The first kappa shape index (κ1) is 20.3. The van der Waals surface area contributed by atoms with Gasteiger partial charge in [0.15, 0.2) is 11.5 Å². The summed E-state index contributed by atoms with van der Waals surface area (Å²) in [5.74, 6) is 0.794. The van der Waals surface area contributed by atoms with Gasteiger partial charge >= 0.3 is 6.03 Å². The molecule has 29 heavy (non-hydrogen) atoms. The highest BCUT2D eigenvalue weighted by Gasteiger charge is 2.31. The number of ether oxygens (including phenoxy) is 2. The molecule has 3 rings (SSSR count). The van der Waals surface area contributed by atoms with Crippen molar-refractivity contribution in [1.82, 2.24) is 10.6 Å². The Hall–Kier alpha value is -3.48. The number of amides is 3. The van der Waals surface area contributed by atoms with Crippen molar-refractivity contribution in [3.05, 3.63) is 64.4 Å². The molecular weight excluding hydrogens is 370 g/mol. The fourth-order valence-corrected chi connectivity index (χ4v) is 3.52. The zero-order valence-electron chi connectivity index (χ0n) is 17.2. The smallest absolute Gasteiger partial charge is 0.319 e. The van der Waals surface area contributed by atoms with E-state index in [0.717, 1.165) is 11.1 Å². The Morgan fingerprint density at radius 2 is 1.62 bits per heavy atom. The van der Waals surface area contributed by atoms with Crippen molar-refractivity contribution in [1.29, 1.82) is 0 Å². The second-order valence-corrected chi connectivity index (χ2v) is 7.02. The fourth-order valence-electron chi connectivity index (χ4n) is 3.52. The summed E-state index contributed by atoms with van der Waals surface area (Å²) in [6.45, 7) is 5.66. The Kier molecular flexibility index (Phi) is 5.77. The zero-order valence-corrected chi connectivity index (χ0v) is 17.2. The highest BCUT2D eigenvalue weighted by atomic mass is 16.5. The monoisotopic (exact) mass is 395 g/mol. The van der Waals surface area contributed by atoms with E-state index in [1.165, 1.54) is 7.11 Å². The topological polar surface area (TPSA) is 88.7 Å². The lowest BCUT2D eigenvalue weighted by atomic mass is 9.94. The van der Waals surface area contributed by atoms with Gasteiger partial charge in [0.05, 0.1) is 25.8 Å². The Balaban J connectivity index is 1.98. The molecule has 1 aliphatic rings. The summed E-state index contributed by atoms with van der Waals surface area (Å²) in [6, 6.07) is 10.1. The van der Waals surface area contributed by atoms with E-state index in [0.29, 0.717) is 34.0 Å². The molecule has 3 amide bonds. The van der Waals surface area contributed by atoms with Gasteiger partial charge in [-0.15, -0.1) is 0 Å². The van der Waals surface area contributed by atoms with Crippen LogP contribution in [-0.2, 0) is 4.79 Å². The Bertz CT molecular complexity index is 977. The second-order valence-electron chi connectivity index (χ2n) is 7.02. The van der Waals surface area contributed by atoms with Gasteiger partial charge in [0.2, 0.25) is 0 Å². The molecule has 0 aliphatic carbocycles. The molecule has 0 saturated carbocycles. The van der Waals surface area contributed by atoms with Crippen molar-refractivity contribution in [2.75, 3.05) is 19.5 Å². The minimum absolute atomic E-state index is 0.292. The van der Waals surface area contributed by atoms with Crippen molar-refractivity contribution in [3.63, 3.8) is 0 Å². The number of aryl methyl sites for hydroxylation is 2. The van der Waals surface area contributed by atoms with Gasteiger partial charge in [-0.1, -0.05) is 12.1 Å². The van der Waals surface area contributed by atoms with E-state index in [4.69, 9.17) is 9.47 Å². The molecule has 0 aromatic heterocycles. The van der Waals surface area contributed by atoms with Crippen LogP contribution in [0.4, 0.5) is 10.5 Å². The maximum atomic E-state index is 13.2. The third kappa shape index (κ3) is 4.34. The quantitative estimate of drug-likeness (QED) is 0.722. The molecule has 7 nitrogen and oxygen atoms in total. The van der Waals surface area contributed by atoms with E-state index in [1.54, 1.807) is 32.2 Å². The van der Waals surface area contributed by atoms with Gasteiger partial charge in [0, 0.05) is 11.4 Å². The first-order valence-corrected chi connectivity index (χ1v) is 9.22. The van der Waals surface area contributed by atoms with Crippen LogP contribution in [0.25, 0.3) is 0 Å². The van der Waals surface area contributed by atoms with Crippen LogP contribution in [0, 0.1) is 13.8 Å². The summed E-state index contributed by atoms with van der Waals surface area (Å²) < 4.78 is 10.6. The Morgan fingerprint density at radius 3 is 2.24 bits per heavy atom. The maximum Gasteiger partial charge on any atom is 0.319 e. The number of urea groups is 1. The van der Waals surface area contributed by atoms with Crippen LogP contribution in [-0.4, -0.2) is 26.2 Å². The van der Waals surface area contributed by atoms with E-state index in [1.807, 2.05) is 32.0 Å². The number of benzene rings is 2. The summed E-state index contributed by atoms with van der Waals surface area (Å²) in [5.41, 5.74) is 4.44. The summed E-state index contributed by atoms with van der Waals surface area (Å²) in [5, 5.41) is 8.45. The number of rotatable bonds is 5. The molecule has 2 aromatic rings. The number of carbonyl (C=O) groups is 2. The SMILES string of the molecule is COc1ccc([C@H]2NC(=O)NC(C)=C2C(=O)Nc2cc(C)cc(C)c2)cc1OC. The minimum Gasteiger partial charge on any atom is -0.493 e. The van der Waals surface area contributed by atoms with E-state index < -0.39 is 6.04 Å². The summed E-state index contributed by atoms with van der Waals surface area (Å²) in [6.07, 6.45) is 0. The largest absolute Gasteiger partial charge is 0.493 e. The molecule has 0 unspecified atom stereocenters. The van der Waals surface area contributed by atoms with Crippen LogP contribution < -0.4 is 25.4 Å². The Morgan fingerprint density at radius 1 is 0.966 bits per heavy atom. The Labute approximate surface area is 170 Å². The lowest BCUT2D eigenvalue weighted by Gasteiger charge is -2.29. The second kappa shape index (κ2) is 8.26. The lowest BCUT2D eigenvalue weighted by molar-refractivity contribution is -0.113. The van der Waals surface area contributed by atoms with Crippen molar-refractivity contribution in [2.24, 2.45) is 0 Å². The number of methoxy groups -OCH3 is 2. The van der Waals surface area contributed by atoms with Gasteiger partial charge in [0.25, 0.3) is 5.91 Å². The first-order valence-electron chi connectivity index (χ1n) is 9.22. The molecule has 0 fully saturated rings. The molecule has 1 heterocycles. The van der Waals surface area contributed by atoms with Crippen molar-refractivity contribution >= 4 is 17.6 Å². The zero-order chi connectivity index (χ0) is 21.1. The van der Waals surface area contributed by atoms with Gasteiger partial charge < -0.3 is 25.4 Å². The van der Waals surface area contributed by atoms with Gasteiger partial charge in [-0.3, -0.25) is 4.79 Å². The van der Waals surface area contributed by atoms with Gasteiger partial charge in [-0.05, 0) is 61.7 Å². The van der Waals surface area contributed by atoms with Gasteiger partial charge in [-0.25, -0.2) is 4.79 Å². The number of carbonyl (C=O) groups excluding carboxylic acids is 2. The standard InChI is InChI=1S/C22H25N3O4/c1-12-8-13(2)10-16(9-12)24-21(26)19-14(3)23-22(27)25-20(19)15-6-7-17(28-4)18(11-15)29-5/h6-11,20H,1-5H3,(H,24,26)(H2,23,25,27)/t20-/m1/s1. The third-order valence-corrected chi connectivity index (χ3v) is 4.73. The van der Waals surface area contributed by atoms with Crippen molar-refractivity contribution < 1.29 is 19.1 Å². The maximum absolute atomic E-state index is 13.2. The van der Waals surface area contributed by atoms with E-state index in [9.17, 15) is 9.59 Å². The van der Waals surface area contributed by atoms with Gasteiger partial charge in [-0.2, -0.15) is 0 Å². The lowest BCUT2D eigenvalue weighted by Crippen LogP contribution is -2.46. The van der Waals surface area contributed by atoms with Crippen LogP contribution in [0.5, 0.6) is 11.5 Å². The molecule has 3 N–H and O–H groups in total. The van der Waals surface area contributed by atoms with Crippen molar-refractivity contribution in [3.8, 4) is 11.5 Å². The number of hydrogen-bond donors (Lipinski definition) is 3. The predicted molar refractivity (Wildman–Crippen MR) is 111 cm³/mol. The summed E-state index contributed by atoms with van der Waals surface area (Å²) in [4.78, 5) is 25.3. The minimum atomic E-state index is -0.630. The molecule has 1 atom stereocenters. The average Bonchev–Trinajstić information content (AvgIpc) is 2.65. The number of allylic oxidation sites excluding steroid dienone is 1. The molecule has 152 valence electrons. The highest BCUT2D eigenvalue weighted by molar-refractivity contribution is 6.06. The van der Waals surface area contributed by atoms with Gasteiger partial charge in [0.1, 0.15) is 0 Å². The molecule has 0 bridgehead atoms. The molecule has 0 saturated heterocycles. The first-order chi connectivity index (χ1) is 13.8. The van der Waals surface area contributed by atoms with Crippen LogP contribution in [0.2, 0.25) is 0 Å². The molecule has 0 radical (unpaired) electrons. The number of anilines is 1. The normalized spacial score (nSPS) is 16.0. The van der Waals surface area contributed by atoms with Crippen molar-refractivity contribution in [2.45, 2.75) is 26.8 Å². The molecule has 2 aromatic carbocycles. The molecule has 0 spiro atoms. The molecule has 7 heteroatoms. The molecular formula is C22H25N3O4.